The van der Waals surface area contributed by atoms with Crippen molar-refractivity contribution < 1.29 is 4.79 Å². The van der Waals surface area contributed by atoms with E-state index in [0.29, 0.717) is 0 Å². The monoisotopic (exact) mass is 400 g/mol. The van der Waals surface area contributed by atoms with Gasteiger partial charge in [0, 0.05) is 29.7 Å². The van der Waals surface area contributed by atoms with Crippen LogP contribution in [0.5, 0.6) is 0 Å². The van der Waals surface area contributed by atoms with Gasteiger partial charge < -0.3 is 5.32 Å². The van der Waals surface area contributed by atoms with Crippen LogP contribution in [0.4, 0.5) is 0 Å². The highest BCUT2D eigenvalue weighted by atomic mass is 16.1. The van der Waals surface area contributed by atoms with Crippen LogP contribution in [0.3, 0.4) is 0 Å². The number of para-hydroxylation sites is 1. The molecule has 5 heteroatoms. The molecule has 0 atom stereocenters. The molecule has 3 aromatic rings. The Hall–Kier alpha value is -2.69. The number of rotatable bonds is 3. The topological polar surface area (TPSA) is 59.8 Å². The number of nitrogens with one attached hydrogen (secondary N) is 1. The first-order chi connectivity index (χ1) is 14.5. The van der Waals surface area contributed by atoms with Gasteiger partial charge in [-0.05, 0) is 75.3 Å². The summed E-state index contributed by atoms with van der Waals surface area (Å²) in [5.74, 6) is 2.47. The van der Waals surface area contributed by atoms with Gasteiger partial charge in [0.15, 0.2) is 0 Å². The summed E-state index contributed by atoms with van der Waals surface area (Å²) in [4.78, 5) is 18.5. The zero-order valence-electron chi connectivity index (χ0n) is 17.7. The molecule has 4 aliphatic rings. The SMILES string of the molecule is Cc1nn(C)cc1-c1cc(C(=O)NC23CC4CC(CC(C4)C2)C3)c2ccccc2n1. The van der Waals surface area contributed by atoms with Gasteiger partial charge in [0.25, 0.3) is 5.91 Å². The van der Waals surface area contributed by atoms with Crippen molar-refractivity contribution in [1.29, 1.82) is 0 Å². The fourth-order valence-electron chi connectivity index (χ4n) is 6.92. The minimum atomic E-state index is 0.000585. The van der Waals surface area contributed by atoms with Gasteiger partial charge in [-0.1, -0.05) is 18.2 Å². The smallest absolute Gasteiger partial charge is 0.252 e. The van der Waals surface area contributed by atoms with Crippen molar-refractivity contribution in [3.8, 4) is 11.3 Å². The van der Waals surface area contributed by atoms with Crippen LogP contribution in [-0.4, -0.2) is 26.2 Å². The van der Waals surface area contributed by atoms with Gasteiger partial charge in [0.05, 0.1) is 22.5 Å². The van der Waals surface area contributed by atoms with E-state index in [1.54, 1.807) is 4.68 Å². The van der Waals surface area contributed by atoms with E-state index < -0.39 is 0 Å². The molecule has 4 bridgehead atoms. The van der Waals surface area contributed by atoms with Gasteiger partial charge in [0.2, 0.25) is 0 Å². The predicted octanol–water partition coefficient (Wildman–Crippen LogP) is 4.64. The molecule has 4 fully saturated rings. The lowest BCUT2D eigenvalue weighted by molar-refractivity contribution is -0.0166. The molecular formula is C25H28N4O. The molecule has 0 aliphatic heterocycles. The average molecular weight is 401 g/mol. The Bertz CT molecular complexity index is 1130. The summed E-state index contributed by atoms with van der Waals surface area (Å²) in [7, 11) is 1.91. The third-order valence-corrected chi connectivity index (χ3v) is 7.67. The highest BCUT2D eigenvalue weighted by Crippen LogP contribution is 2.55. The zero-order chi connectivity index (χ0) is 20.5. The Morgan fingerprint density at radius 1 is 1.10 bits per heavy atom. The van der Waals surface area contributed by atoms with Crippen molar-refractivity contribution >= 4 is 16.8 Å². The van der Waals surface area contributed by atoms with Gasteiger partial charge in [-0.3, -0.25) is 9.48 Å². The minimum absolute atomic E-state index is 0.000585. The summed E-state index contributed by atoms with van der Waals surface area (Å²) in [6, 6.07) is 9.93. The molecule has 2 aromatic heterocycles. The van der Waals surface area contributed by atoms with E-state index in [9.17, 15) is 4.79 Å². The second kappa shape index (κ2) is 6.40. The molecule has 4 saturated carbocycles. The number of carbonyl (C=O) groups excluding carboxylic acids is 1. The molecule has 4 aliphatic carbocycles. The van der Waals surface area contributed by atoms with Crippen LogP contribution in [0, 0.1) is 24.7 Å². The fraction of sp³-hybridized carbons (Fsp3) is 0.480. The number of carbonyl (C=O) groups is 1. The lowest BCUT2D eigenvalue weighted by atomic mass is 9.53. The molecule has 1 aromatic carbocycles. The maximum Gasteiger partial charge on any atom is 0.252 e. The summed E-state index contributed by atoms with van der Waals surface area (Å²) in [5.41, 5.74) is 4.30. The van der Waals surface area contributed by atoms with E-state index in [1.165, 1.54) is 19.3 Å². The molecular weight excluding hydrogens is 372 g/mol. The molecule has 0 unspecified atom stereocenters. The van der Waals surface area contributed by atoms with Crippen molar-refractivity contribution in [2.45, 2.75) is 51.0 Å². The van der Waals surface area contributed by atoms with E-state index in [-0.39, 0.29) is 11.4 Å². The normalized spacial score (nSPS) is 29.5. The van der Waals surface area contributed by atoms with Crippen LogP contribution < -0.4 is 5.32 Å². The minimum Gasteiger partial charge on any atom is -0.347 e. The van der Waals surface area contributed by atoms with Gasteiger partial charge in [-0.2, -0.15) is 5.10 Å². The molecule has 0 spiro atoms. The van der Waals surface area contributed by atoms with Gasteiger partial charge in [-0.15, -0.1) is 0 Å². The number of benzene rings is 1. The number of amides is 1. The lowest BCUT2D eigenvalue weighted by Crippen LogP contribution is -2.59. The first-order valence-corrected chi connectivity index (χ1v) is 11.2. The van der Waals surface area contributed by atoms with E-state index >= 15 is 0 Å². The Balaban J connectivity index is 1.41. The van der Waals surface area contributed by atoms with Crippen molar-refractivity contribution in [2.75, 3.05) is 0 Å². The van der Waals surface area contributed by atoms with E-state index in [4.69, 9.17) is 4.98 Å². The maximum absolute atomic E-state index is 13.7. The van der Waals surface area contributed by atoms with Crippen LogP contribution >= 0.6 is 0 Å². The van der Waals surface area contributed by atoms with Crippen LogP contribution in [0.25, 0.3) is 22.2 Å². The van der Waals surface area contributed by atoms with Gasteiger partial charge >= 0.3 is 0 Å². The van der Waals surface area contributed by atoms with E-state index in [2.05, 4.69) is 10.4 Å². The Morgan fingerprint density at radius 3 is 2.40 bits per heavy atom. The molecule has 1 N–H and O–H groups in total. The van der Waals surface area contributed by atoms with Crippen molar-refractivity contribution in [3.05, 3.63) is 47.8 Å². The number of aromatic nitrogens is 3. The highest BCUT2D eigenvalue weighted by molar-refractivity contribution is 6.07. The van der Waals surface area contributed by atoms with Crippen LogP contribution in [0.15, 0.2) is 36.5 Å². The van der Waals surface area contributed by atoms with Gasteiger partial charge in [-0.25, -0.2) is 4.98 Å². The molecule has 5 nitrogen and oxygen atoms in total. The largest absolute Gasteiger partial charge is 0.347 e. The molecule has 154 valence electrons. The molecule has 0 radical (unpaired) electrons. The zero-order valence-corrected chi connectivity index (χ0v) is 17.7. The number of nitrogens with zero attached hydrogens (tertiary/aromatic N) is 3. The first kappa shape index (κ1) is 18.1. The van der Waals surface area contributed by atoms with Gasteiger partial charge in [0.1, 0.15) is 0 Å². The van der Waals surface area contributed by atoms with Crippen LogP contribution in [-0.2, 0) is 7.05 Å². The standard InChI is InChI=1S/C25H28N4O/c1-15-21(14-29(2)28-15)23-10-20(19-5-3-4-6-22(19)26-23)24(30)27-25-11-16-7-17(12-25)9-18(8-16)13-25/h3-6,10,14,16-18H,7-9,11-13H2,1-2H3,(H,27,30). The Labute approximate surface area is 176 Å². The summed E-state index contributed by atoms with van der Waals surface area (Å²) in [6.07, 6.45) is 9.56. The Morgan fingerprint density at radius 2 is 1.77 bits per heavy atom. The second-order valence-electron chi connectivity index (χ2n) is 10.0. The summed E-state index contributed by atoms with van der Waals surface area (Å²) >= 11 is 0. The third-order valence-electron chi connectivity index (χ3n) is 7.67. The number of hydrogen-bond acceptors (Lipinski definition) is 3. The quantitative estimate of drug-likeness (QED) is 0.697. The molecule has 0 saturated heterocycles. The summed E-state index contributed by atoms with van der Waals surface area (Å²) in [6.45, 7) is 1.99. The second-order valence-corrected chi connectivity index (χ2v) is 10.0. The van der Waals surface area contributed by atoms with Crippen LogP contribution in [0.1, 0.15) is 54.6 Å². The molecule has 7 rings (SSSR count). The number of fused-ring (bicyclic) bond motifs is 1. The third kappa shape index (κ3) is 2.86. The molecule has 2 heterocycles. The predicted molar refractivity (Wildman–Crippen MR) is 117 cm³/mol. The fourth-order valence-corrected chi connectivity index (χ4v) is 6.92. The summed E-state index contributed by atoms with van der Waals surface area (Å²) < 4.78 is 1.80. The molecule has 30 heavy (non-hydrogen) atoms. The van der Waals surface area contributed by atoms with E-state index in [1.807, 2.05) is 50.5 Å². The summed E-state index contributed by atoms with van der Waals surface area (Å²) in [5, 5.41) is 8.93. The first-order valence-electron chi connectivity index (χ1n) is 11.2. The molecule has 1 amide bonds. The number of hydrogen-bond donors (Lipinski definition) is 1. The van der Waals surface area contributed by atoms with Crippen LogP contribution in [0.2, 0.25) is 0 Å². The average Bonchev–Trinajstić information content (AvgIpc) is 3.03. The number of aryl methyl sites for hydroxylation is 2. The van der Waals surface area contributed by atoms with Crippen molar-refractivity contribution in [3.63, 3.8) is 0 Å². The maximum atomic E-state index is 13.7. The highest BCUT2D eigenvalue weighted by Gasteiger charge is 2.51. The lowest BCUT2D eigenvalue weighted by Gasteiger charge is -2.56. The van der Waals surface area contributed by atoms with Crippen molar-refractivity contribution in [2.24, 2.45) is 24.8 Å². The van der Waals surface area contributed by atoms with E-state index in [0.717, 1.165) is 70.4 Å². The van der Waals surface area contributed by atoms with Crippen molar-refractivity contribution in [1.82, 2.24) is 20.1 Å². The number of pyridine rings is 1. The Kier molecular flexibility index (Phi) is 3.86.